The quantitative estimate of drug-likeness (QED) is 0.336. The highest BCUT2D eigenvalue weighted by Crippen LogP contribution is 2.34. The van der Waals surface area contributed by atoms with Crippen LogP contribution < -0.4 is 10.1 Å². The molecule has 0 bridgehead atoms. The number of halogens is 4. The molecule has 1 unspecified atom stereocenters. The Balaban J connectivity index is 1.44. The molecule has 4 aromatic rings. The van der Waals surface area contributed by atoms with E-state index in [1.807, 2.05) is 6.07 Å². The Morgan fingerprint density at radius 1 is 1.22 bits per heavy atom. The second kappa shape index (κ2) is 10.1. The maximum atomic E-state index is 14.9. The molecule has 0 radical (unpaired) electrons. The fourth-order valence-corrected chi connectivity index (χ4v) is 4.70. The number of nitrogens with zero attached hydrogens (tertiary/aromatic N) is 6. The van der Waals surface area contributed by atoms with E-state index in [9.17, 15) is 17.6 Å². The van der Waals surface area contributed by atoms with Crippen LogP contribution >= 0.6 is 0 Å². The summed E-state index contributed by atoms with van der Waals surface area (Å²) >= 11 is 0. The molecule has 5 rings (SSSR count). The number of hydrogen-bond acceptors (Lipinski definition) is 7. The minimum Gasteiger partial charge on any atom is -0.479 e. The number of piperidine rings is 1. The first-order valence-electron chi connectivity index (χ1n) is 11.8. The fourth-order valence-electron chi connectivity index (χ4n) is 4.70. The van der Waals surface area contributed by atoms with Crippen molar-refractivity contribution in [1.29, 1.82) is 0 Å². The average molecular weight is 522 g/mol. The molecular formula is C24H27F4N7O2. The van der Waals surface area contributed by atoms with E-state index in [2.05, 4.69) is 20.4 Å². The Bertz CT molecular complexity index is 1390. The second-order valence-corrected chi connectivity index (χ2v) is 8.97. The lowest BCUT2D eigenvalue weighted by Crippen LogP contribution is -2.55. The van der Waals surface area contributed by atoms with Crippen LogP contribution in [0.5, 0.6) is 5.88 Å². The van der Waals surface area contributed by atoms with Crippen molar-refractivity contribution in [2.24, 2.45) is 0 Å². The van der Waals surface area contributed by atoms with Gasteiger partial charge in [-0.15, -0.1) is 5.10 Å². The molecule has 0 spiro atoms. The number of imidazole rings is 1. The van der Waals surface area contributed by atoms with Crippen molar-refractivity contribution in [3.63, 3.8) is 0 Å². The summed E-state index contributed by atoms with van der Waals surface area (Å²) < 4.78 is 69.1. The minimum atomic E-state index is -2.99. The second-order valence-electron chi connectivity index (χ2n) is 8.97. The van der Waals surface area contributed by atoms with Crippen LogP contribution in [0, 0.1) is 0 Å². The van der Waals surface area contributed by atoms with Gasteiger partial charge in [-0.05, 0) is 30.2 Å². The highest BCUT2D eigenvalue weighted by Gasteiger charge is 2.45. The predicted molar refractivity (Wildman–Crippen MR) is 130 cm³/mol. The van der Waals surface area contributed by atoms with Gasteiger partial charge in [0, 0.05) is 32.0 Å². The van der Waals surface area contributed by atoms with Gasteiger partial charge in [0.25, 0.3) is 12.3 Å². The zero-order valence-corrected chi connectivity index (χ0v) is 20.4. The molecule has 1 aliphatic rings. The molecule has 1 aromatic carbocycles. The van der Waals surface area contributed by atoms with Gasteiger partial charge in [0.2, 0.25) is 11.8 Å². The summed E-state index contributed by atoms with van der Waals surface area (Å²) in [7, 11) is 2.98. The zero-order chi connectivity index (χ0) is 26.2. The number of aromatic nitrogens is 5. The zero-order valence-electron chi connectivity index (χ0n) is 20.4. The van der Waals surface area contributed by atoms with E-state index < -0.39 is 24.9 Å². The molecule has 13 heteroatoms. The van der Waals surface area contributed by atoms with Gasteiger partial charge in [0.15, 0.2) is 0 Å². The standard InChI is InChI=1S/C24H27F4N7O2/c1-36-10-9-33-7-6-19(24(27,28)13-33)30-23-31-22(37-2)21-16(5-8-35(21)32-23)15-3-4-17-18(11-15)34(14-29-17)12-20(25)26/h3-5,8,11,14,19-20H,6-7,9-10,12-13H2,1-2H3,(H,30,32). The van der Waals surface area contributed by atoms with Crippen LogP contribution in [0.4, 0.5) is 23.5 Å². The van der Waals surface area contributed by atoms with Crippen molar-refractivity contribution in [3.05, 3.63) is 36.8 Å². The van der Waals surface area contributed by atoms with Gasteiger partial charge in [0.1, 0.15) is 5.52 Å². The first-order chi connectivity index (χ1) is 17.8. The molecule has 1 atom stereocenters. The monoisotopic (exact) mass is 521 g/mol. The maximum Gasteiger partial charge on any atom is 0.280 e. The molecule has 4 heterocycles. The Labute approximate surface area is 210 Å². The third-order valence-corrected chi connectivity index (χ3v) is 6.53. The van der Waals surface area contributed by atoms with Gasteiger partial charge < -0.3 is 19.4 Å². The molecule has 1 fully saturated rings. The third-order valence-electron chi connectivity index (χ3n) is 6.53. The van der Waals surface area contributed by atoms with Gasteiger partial charge in [-0.25, -0.2) is 27.1 Å². The third kappa shape index (κ3) is 5.05. The van der Waals surface area contributed by atoms with Crippen molar-refractivity contribution in [1.82, 2.24) is 29.0 Å². The maximum absolute atomic E-state index is 14.9. The molecule has 1 aliphatic heterocycles. The Kier molecular flexibility index (Phi) is 6.90. The first kappa shape index (κ1) is 25.2. The number of anilines is 1. The summed E-state index contributed by atoms with van der Waals surface area (Å²) in [5, 5.41) is 7.19. The molecule has 198 valence electrons. The highest BCUT2D eigenvalue weighted by atomic mass is 19.3. The number of alkyl halides is 4. The van der Waals surface area contributed by atoms with Crippen molar-refractivity contribution >= 4 is 22.5 Å². The lowest BCUT2D eigenvalue weighted by molar-refractivity contribution is -0.0770. The smallest absolute Gasteiger partial charge is 0.280 e. The van der Waals surface area contributed by atoms with Crippen LogP contribution in [0.1, 0.15) is 6.42 Å². The number of methoxy groups -OCH3 is 2. The topological polar surface area (TPSA) is 81.7 Å². The average Bonchev–Trinajstić information content (AvgIpc) is 3.47. The molecule has 0 amide bonds. The summed E-state index contributed by atoms with van der Waals surface area (Å²) in [5.41, 5.74) is 3.11. The SMILES string of the molecule is COCCN1CCC(Nc2nc(OC)c3c(-c4ccc5ncn(CC(F)F)c5c4)ccn3n2)C(F)(F)C1. The van der Waals surface area contributed by atoms with E-state index in [1.54, 1.807) is 36.4 Å². The Morgan fingerprint density at radius 3 is 2.78 bits per heavy atom. The van der Waals surface area contributed by atoms with Crippen LogP contribution in [-0.4, -0.2) is 87.9 Å². The number of hydrogen-bond donors (Lipinski definition) is 1. The number of benzene rings is 1. The molecule has 0 aliphatic carbocycles. The number of fused-ring (bicyclic) bond motifs is 2. The van der Waals surface area contributed by atoms with E-state index in [1.165, 1.54) is 22.5 Å². The fraction of sp³-hybridized carbons (Fsp3) is 0.458. The lowest BCUT2D eigenvalue weighted by Gasteiger charge is -2.38. The van der Waals surface area contributed by atoms with Crippen molar-refractivity contribution in [2.45, 2.75) is 31.4 Å². The number of likely N-dealkylation sites (tertiary alicyclic amines) is 1. The molecule has 37 heavy (non-hydrogen) atoms. The van der Waals surface area contributed by atoms with Crippen LogP contribution in [0.2, 0.25) is 0 Å². The number of rotatable bonds is 9. The highest BCUT2D eigenvalue weighted by molar-refractivity contribution is 5.89. The predicted octanol–water partition coefficient (Wildman–Crippen LogP) is 3.79. The van der Waals surface area contributed by atoms with Gasteiger partial charge in [0.05, 0.1) is 50.2 Å². The van der Waals surface area contributed by atoms with Gasteiger partial charge >= 0.3 is 0 Å². The molecule has 3 aromatic heterocycles. The van der Waals surface area contributed by atoms with Gasteiger partial charge in [-0.2, -0.15) is 4.98 Å². The van der Waals surface area contributed by atoms with Crippen LogP contribution in [0.15, 0.2) is 36.8 Å². The molecule has 1 saturated heterocycles. The van der Waals surface area contributed by atoms with E-state index >= 15 is 0 Å². The first-order valence-corrected chi connectivity index (χ1v) is 11.8. The summed E-state index contributed by atoms with van der Waals surface area (Å²) in [4.78, 5) is 10.2. The van der Waals surface area contributed by atoms with Crippen LogP contribution in [0.3, 0.4) is 0 Å². The Hall–Kier alpha value is -3.45. The number of ether oxygens (including phenoxy) is 2. The summed E-state index contributed by atoms with van der Waals surface area (Å²) in [6.07, 6.45) is 0.758. The molecule has 1 N–H and O–H groups in total. The molecular weight excluding hydrogens is 494 g/mol. The van der Waals surface area contributed by atoms with Crippen molar-refractivity contribution in [2.75, 3.05) is 45.8 Å². The normalized spacial score (nSPS) is 18.2. The van der Waals surface area contributed by atoms with Gasteiger partial charge in [-0.1, -0.05) is 6.07 Å². The number of nitrogens with one attached hydrogen (secondary N) is 1. The van der Waals surface area contributed by atoms with E-state index in [0.717, 1.165) is 5.56 Å². The van der Waals surface area contributed by atoms with Crippen molar-refractivity contribution < 1.29 is 27.0 Å². The minimum absolute atomic E-state index is 0.0204. The van der Waals surface area contributed by atoms with Gasteiger partial charge in [-0.3, -0.25) is 4.90 Å². The van der Waals surface area contributed by atoms with E-state index in [-0.39, 0.29) is 24.8 Å². The summed E-state index contributed by atoms with van der Waals surface area (Å²) in [6.45, 7) is 0.479. The van der Waals surface area contributed by atoms with E-state index in [4.69, 9.17) is 9.47 Å². The largest absolute Gasteiger partial charge is 0.479 e. The lowest BCUT2D eigenvalue weighted by atomic mass is 10.0. The van der Waals surface area contributed by atoms with E-state index in [0.29, 0.717) is 41.8 Å². The molecule has 0 saturated carbocycles. The Morgan fingerprint density at radius 2 is 2.05 bits per heavy atom. The summed E-state index contributed by atoms with van der Waals surface area (Å²) in [5.74, 6) is -2.78. The van der Waals surface area contributed by atoms with Crippen LogP contribution in [0.25, 0.3) is 27.7 Å². The summed E-state index contributed by atoms with van der Waals surface area (Å²) in [6, 6.07) is 5.99. The van der Waals surface area contributed by atoms with Crippen LogP contribution in [-0.2, 0) is 11.3 Å². The molecule has 9 nitrogen and oxygen atoms in total. The van der Waals surface area contributed by atoms with Crippen molar-refractivity contribution in [3.8, 4) is 17.0 Å².